The van der Waals surface area contributed by atoms with E-state index in [0.717, 1.165) is 22.2 Å². The first kappa shape index (κ1) is 11.8. The Hall–Kier alpha value is -2.95. The number of nitrogens with zero attached hydrogens (tertiary/aromatic N) is 4. The second-order valence-electron chi connectivity index (χ2n) is 4.75. The third-order valence-corrected chi connectivity index (χ3v) is 3.38. The molecule has 2 aromatic carbocycles. The molecule has 0 N–H and O–H groups in total. The predicted octanol–water partition coefficient (Wildman–Crippen LogP) is 2.86. The molecule has 0 saturated heterocycles. The van der Waals surface area contributed by atoms with Gasteiger partial charge in [0.25, 0.3) is 0 Å². The van der Waals surface area contributed by atoms with Crippen molar-refractivity contribution in [2.75, 3.05) is 0 Å². The van der Waals surface area contributed by atoms with Crippen LogP contribution in [0.4, 0.5) is 0 Å². The summed E-state index contributed by atoms with van der Waals surface area (Å²) in [5.41, 5.74) is 2.72. The first-order valence-electron chi connectivity index (χ1n) is 6.68. The van der Waals surface area contributed by atoms with Gasteiger partial charge < -0.3 is 4.74 Å². The van der Waals surface area contributed by atoms with E-state index in [9.17, 15) is 0 Å². The molecular weight excluding hydrogens is 264 g/mol. The molecule has 5 heteroatoms. The summed E-state index contributed by atoms with van der Waals surface area (Å²) in [5, 5.41) is 12.8. The third kappa shape index (κ3) is 2.08. The molecular formula is C16H12N4O. The number of rotatable bonds is 3. The number of pyridine rings is 1. The number of para-hydroxylation sites is 1. The molecule has 102 valence electrons. The second-order valence-corrected chi connectivity index (χ2v) is 4.75. The number of tetrazole rings is 1. The molecule has 2 heterocycles. The Labute approximate surface area is 120 Å². The lowest BCUT2D eigenvalue weighted by Crippen LogP contribution is -1.99. The van der Waals surface area contributed by atoms with E-state index in [-0.39, 0.29) is 0 Å². The fraction of sp³-hybridized carbons (Fsp3) is 0.0625. The smallest absolute Gasteiger partial charge is 0.180 e. The van der Waals surface area contributed by atoms with Gasteiger partial charge in [0.15, 0.2) is 5.65 Å². The standard InChI is InChI=1S/C16H12N4O/c1-2-5-12(6-3-1)11-21-14-8-4-7-13-9-10-15-17-18-19-20(15)16(13)14/h1-10H,11H2. The first-order valence-corrected chi connectivity index (χ1v) is 6.68. The van der Waals surface area contributed by atoms with E-state index < -0.39 is 0 Å². The number of fused-ring (bicyclic) bond motifs is 3. The van der Waals surface area contributed by atoms with Crippen LogP contribution in [0, 0.1) is 0 Å². The lowest BCUT2D eigenvalue weighted by Gasteiger charge is -2.09. The number of hydrogen-bond acceptors (Lipinski definition) is 4. The largest absolute Gasteiger partial charge is 0.487 e. The van der Waals surface area contributed by atoms with E-state index in [0.29, 0.717) is 12.3 Å². The van der Waals surface area contributed by atoms with E-state index in [4.69, 9.17) is 4.74 Å². The summed E-state index contributed by atoms with van der Waals surface area (Å²) in [6.07, 6.45) is 0. The molecule has 0 aliphatic rings. The lowest BCUT2D eigenvalue weighted by atomic mass is 10.2. The maximum absolute atomic E-state index is 5.97. The molecule has 0 fully saturated rings. The molecule has 0 aliphatic heterocycles. The van der Waals surface area contributed by atoms with Crippen LogP contribution >= 0.6 is 0 Å². The van der Waals surface area contributed by atoms with Gasteiger partial charge in [0.05, 0.1) is 0 Å². The summed E-state index contributed by atoms with van der Waals surface area (Å²) < 4.78 is 7.67. The van der Waals surface area contributed by atoms with Gasteiger partial charge in [-0.3, -0.25) is 0 Å². The van der Waals surface area contributed by atoms with E-state index in [1.54, 1.807) is 4.52 Å². The molecule has 5 nitrogen and oxygen atoms in total. The van der Waals surface area contributed by atoms with Crippen LogP contribution in [-0.2, 0) is 6.61 Å². The van der Waals surface area contributed by atoms with Crippen LogP contribution < -0.4 is 4.74 Å². The Morgan fingerprint density at radius 3 is 2.71 bits per heavy atom. The molecule has 4 aromatic rings. The first-order chi connectivity index (χ1) is 10.4. The summed E-state index contributed by atoms with van der Waals surface area (Å²) in [6.45, 7) is 0.512. The molecule has 0 amide bonds. The van der Waals surface area contributed by atoms with E-state index in [1.165, 1.54) is 0 Å². The third-order valence-electron chi connectivity index (χ3n) is 3.38. The minimum Gasteiger partial charge on any atom is -0.487 e. The number of aromatic nitrogens is 4. The molecule has 0 saturated carbocycles. The highest BCUT2D eigenvalue weighted by Gasteiger charge is 2.08. The molecule has 0 bridgehead atoms. The van der Waals surface area contributed by atoms with Crippen LogP contribution in [0.1, 0.15) is 5.56 Å². The quantitative estimate of drug-likeness (QED) is 0.577. The lowest BCUT2D eigenvalue weighted by molar-refractivity contribution is 0.309. The van der Waals surface area contributed by atoms with Crippen molar-refractivity contribution >= 4 is 16.6 Å². The average molecular weight is 276 g/mol. The molecule has 0 atom stereocenters. The second kappa shape index (κ2) is 4.86. The van der Waals surface area contributed by atoms with Gasteiger partial charge in [0, 0.05) is 5.39 Å². The van der Waals surface area contributed by atoms with Gasteiger partial charge in [0.1, 0.15) is 17.9 Å². The van der Waals surface area contributed by atoms with Crippen molar-refractivity contribution < 1.29 is 4.74 Å². The summed E-state index contributed by atoms with van der Waals surface area (Å²) in [6, 6.07) is 19.9. The molecule has 4 rings (SSSR count). The molecule has 2 aromatic heterocycles. The number of hydrogen-bond donors (Lipinski definition) is 0. The van der Waals surface area contributed by atoms with Crippen molar-refractivity contribution in [1.29, 1.82) is 0 Å². The van der Waals surface area contributed by atoms with Crippen molar-refractivity contribution in [2.24, 2.45) is 0 Å². The van der Waals surface area contributed by atoms with E-state index in [1.807, 2.05) is 60.7 Å². The topological polar surface area (TPSA) is 52.3 Å². The van der Waals surface area contributed by atoms with Gasteiger partial charge in [-0.05, 0) is 34.2 Å². The van der Waals surface area contributed by atoms with Gasteiger partial charge in [-0.15, -0.1) is 5.10 Å². The Bertz CT molecular complexity index is 902. The molecule has 21 heavy (non-hydrogen) atoms. The van der Waals surface area contributed by atoms with Crippen LogP contribution in [0.5, 0.6) is 5.75 Å². The Morgan fingerprint density at radius 1 is 0.905 bits per heavy atom. The van der Waals surface area contributed by atoms with Gasteiger partial charge in [-0.2, -0.15) is 4.52 Å². The monoisotopic (exact) mass is 276 g/mol. The fourth-order valence-electron chi connectivity index (χ4n) is 2.37. The van der Waals surface area contributed by atoms with Crippen molar-refractivity contribution in [3.8, 4) is 5.75 Å². The van der Waals surface area contributed by atoms with Crippen molar-refractivity contribution in [1.82, 2.24) is 20.0 Å². The van der Waals surface area contributed by atoms with Gasteiger partial charge in [-0.1, -0.05) is 42.5 Å². The SMILES string of the molecule is c1ccc(COc2cccc3ccc4nnnn4c23)cc1. The van der Waals surface area contributed by atoms with Crippen molar-refractivity contribution in [2.45, 2.75) is 6.61 Å². The van der Waals surface area contributed by atoms with E-state index >= 15 is 0 Å². The Kier molecular flexibility index (Phi) is 2.74. The summed E-state index contributed by atoms with van der Waals surface area (Å²) >= 11 is 0. The minimum atomic E-state index is 0.512. The van der Waals surface area contributed by atoms with Crippen LogP contribution in [0.2, 0.25) is 0 Å². The van der Waals surface area contributed by atoms with E-state index in [2.05, 4.69) is 15.5 Å². The summed E-state index contributed by atoms with van der Waals surface area (Å²) in [5.74, 6) is 0.772. The van der Waals surface area contributed by atoms with Gasteiger partial charge in [-0.25, -0.2) is 0 Å². The molecule has 0 unspecified atom stereocenters. The van der Waals surface area contributed by atoms with Crippen LogP contribution in [0.15, 0.2) is 60.7 Å². The minimum absolute atomic E-state index is 0.512. The summed E-state index contributed by atoms with van der Waals surface area (Å²) in [7, 11) is 0. The fourth-order valence-corrected chi connectivity index (χ4v) is 2.37. The average Bonchev–Trinajstić information content (AvgIpc) is 3.02. The van der Waals surface area contributed by atoms with Crippen LogP contribution in [0.3, 0.4) is 0 Å². The maximum atomic E-state index is 5.97. The molecule has 0 spiro atoms. The maximum Gasteiger partial charge on any atom is 0.180 e. The molecule has 0 radical (unpaired) electrons. The summed E-state index contributed by atoms with van der Waals surface area (Å²) in [4.78, 5) is 0. The zero-order valence-electron chi connectivity index (χ0n) is 11.2. The predicted molar refractivity (Wildman–Crippen MR) is 79.1 cm³/mol. The van der Waals surface area contributed by atoms with Gasteiger partial charge >= 0.3 is 0 Å². The van der Waals surface area contributed by atoms with Crippen molar-refractivity contribution in [3.05, 3.63) is 66.2 Å². The Balaban J connectivity index is 1.79. The highest BCUT2D eigenvalue weighted by atomic mass is 16.5. The Morgan fingerprint density at radius 2 is 1.81 bits per heavy atom. The number of benzene rings is 2. The molecule has 0 aliphatic carbocycles. The number of ether oxygens (including phenoxy) is 1. The zero-order valence-corrected chi connectivity index (χ0v) is 11.2. The van der Waals surface area contributed by atoms with Crippen LogP contribution in [-0.4, -0.2) is 20.0 Å². The normalized spacial score (nSPS) is 11.0. The van der Waals surface area contributed by atoms with Crippen LogP contribution in [0.25, 0.3) is 16.6 Å². The highest BCUT2D eigenvalue weighted by Crippen LogP contribution is 2.26. The zero-order chi connectivity index (χ0) is 14.1. The van der Waals surface area contributed by atoms with Crippen molar-refractivity contribution in [3.63, 3.8) is 0 Å². The highest BCUT2D eigenvalue weighted by molar-refractivity contribution is 5.86. The van der Waals surface area contributed by atoms with Gasteiger partial charge in [0.2, 0.25) is 0 Å².